The second-order valence-corrected chi connectivity index (χ2v) is 10.8. The van der Waals surface area contributed by atoms with E-state index in [1.807, 2.05) is 6.07 Å². The van der Waals surface area contributed by atoms with E-state index < -0.39 is 47.2 Å². The predicted molar refractivity (Wildman–Crippen MR) is 144 cm³/mol. The van der Waals surface area contributed by atoms with Gasteiger partial charge in [0.2, 0.25) is 0 Å². The first-order chi connectivity index (χ1) is 18.8. The molecule has 0 atom stereocenters. The summed E-state index contributed by atoms with van der Waals surface area (Å²) in [5.74, 6) is -0.457. The third-order valence-electron chi connectivity index (χ3n) is 5.50. The van der Waals surface area contributed by atoms with Gasteiger partial charge in [-0.25, -0.2) is 0 Å². The van der Waals surface area contributed by atoms with Crippen LogP contribution in [0.4, 0.5) is 28.4 Å². The lowest BCUT2D eigenvalue weighted by molar-refractivity contribution is 0.405. The van der Waals surface area contributed by atoms with E-state index in [0.29, 0.717) is 5.69 Å². The Kier molecular flexibility index (Phi) is 7.70. The fraction of sp³-hybridized carbons (Fsp3) is 0.0833. The van der Waals surface area contributed by atoms with E-state index in [1.54, 1.807) is 24.3 Å². The van der Waals surface area contributed by atoms with E-state index in [1.165, 1.54) is 26.4 Å². The van der Waals surface area contributed by atoms with Crippen molar-refractivity contribution in [3.63, 3.8) is 0 Å². The van der Waals surface area contributed by atoms with Crippen molar-refractivity contribution in [1.82, 2.24) is 0 Å². The highest BCUT2D eigenvalue weighted by Gasteiger charge is 2.25. The standard InChI is InChI=1S/C24H21N5O9S2/c1-37-19-12-18(20(38-2)11-17(19)27-26-14-6-4-3-5-7-14)28-29-23-22(40(34,35)36)9-13-8-21(39(31,32)33)16(25)10-15(13)24(23)30/h3-12,30H,25H2,1-2H3,(H,31,32,33)(H,34,35,36). The van der Waals surface area contributed by atoms with E-state index in [2.05, 4.69) is 20.5 Å². The van der Waals surface area contributed by atoms with Gasteiger partial charge in [0.05, 0.1) is 25.6 Å². The van der Waals surface area contributed by atoms with Gasteiger partial charge in [0.25, 0.3) is 20.2 Å². The SMILES string of the molecule is COc1cc(N=Nc2c(S(=O)(=O)O)cc3cc(S(=O)(=O)O)c(N)cc3c2O)c(OC)cc1N=Nc1ccccc1. The van der Waals surface area contributed by atoms with Crippen LogP contribution in [0.15, 0.2) is 90.9 Å². The van der Waals surface area contributed by atoms with Crippen LogP contribution in [-0.4, -0.2) is 45.3 Å². The van der Waals surface area contributed by atoms with E-state index in [4.69, 9.17) is 15.2 Å². The number of phenols is 1. The van der Waals surface area contributed by atoms with Crippen LogP contribution in [0.1, 0.15) is 0 Å². The average Bonchev–Trinajstić information content (AvgIpc) is 2.90. The summed E-state index contributed by atoms with van der Waals surface area (Å²) in [6, 6.07) is 14.4. The number of nitrogens with zero attached hydrogens (tertiary/aromatic N) is 4. The molecule has 0 heterocycles. The van der Waals surface area contributed by atoms with Gasteiger partial charge in [0, 0.05) is 17.5 Å². The zero-order valence-electron chi connectivity index (χ0n) is 20.7. The van der Waals surface area contributed by atoms with Crippen LogP contribution in [-0.2, 0) is 20.2 Å². The minimum atomic E-state index is -5.02. The number of phenolic OH excluding ortho intramolecular Hbond substituents is 1. The number of aromatic hydroxyl groups is 1. The maximum Gasteiger partial charge on any atom is 0.296 e. The molecule has 5 N–H and O–H groups in total. The summed E-state index contributed by atoms with van der Waals surface area (Å²) in [4.78, 5) is -1.62. The monoisotopic (exact) mass is 587 g/mol. The molecule has 208 valence electrons. The van der Waals surface area contributed by atoms with Crippen LogP contribution < -0.4 is 15.2 Å². The second-order valence-electron chi connectivity index (χ2n) is 8.06. The number of nitrogens with two attached hydrogens (primary N) is 1. The summed E-state index contributed by atoms with van der Waals surface area (Å²) >= 11 is 0. The Morgan fingerprint density at radius 2 is 1.25 bits per heavy atom. The molecular weight excluding hydrogens is 566 g/mol. The Bertz CT molecular complexity index is 1890. The zero-order chi connectivity index (χ0) is 29.2. The average molecular weight is 588 g/mol. The molecule has 16 heteroatoms. The number of nitrogen functional groups attached to an aromatic ring is 1. The molecule has 0 aromatic heterocycles. The largest absolute Gasteiger partial charge is 0.505 e. The first-order valence-electron chi connectivity index (χ1n) is 11.0. The lowest BCUT2D eigenvalue weighted by Crippen LogP contribution is -2.04. The molecule has 0 unspecified atom stereocenters. The summed E-state index contributed by atoms with van der Waals surface area (Å²) in [7, 11) is -7.09. The smallest absolute Gasteiger partial charge is 0.296 e. The number of methoxy groups -OCH3 is 2. The Morgan fingerprint density at radius 3 is 1.77 bits per heavy atom. The minimum absolute atomic E-state index is 0.0278. The molecule has 0 aliphatic carbocycles. The number of hydrogen-bond donors (Lipinski definition) is 4. The molecule has 0 bridgehead atoms. The second kappa shape index (κ2) is 10.9. The number of hydrogen-bond acceptors (Lipinski definition) is 12. The summed E-state index contributed by atoms with van der Waals surface area (Å²) in [6.45, 7) is 0. The molecule has 4 aromatic rings. The molecule has 0 radical (unpaired) electrons. The number of ether oxygens (including phenoxy) is 2. The highest BCUT2D eigenvalue weighted by molar-refractivity contribution is 7.86. The lowest BCUT2D eigenvalue weighted by atomic mass is 10.1. The number of fused-ring (bicyclic) bond motifs is 1. The van der Waals surface area contributed by atoms with Crippen LogP contribution in [0, 0.1) is 0 Å². The van der Waals surface area contributed by atoms with Gasteiger partial charge >= 0.3 is 0 Å². The lowest BCUT2D eigenvalue weighted by Gasteiger charge is -2.12. The number of rotatable bonds is 8. The molecule has 4 rings (SSSR count). The predicted octanol–water partition coefficient (Wildman–Crippen LogP) is 5.47. The zero-order valence-corrected chi connectivity index (χ0v) is 22.4. The van der Waals surface area contributed by atoms with Crippen molar-refractivity contribution in [2.45, 2.75) is 9.79 Å². The highest BCUT2D eigenvalue weighted by Crippen LogP contribution is 2.45. The number of anilines is 1. The molecule has 14 nitrogen and oxygen atoms in total. The summed E-state index contributed by atoms with van der Waals surface area (Å²) < 4.78 is 77.4. The van der Waals surface area contributed by atoms with Gasteiger partial charge in [-0.15, -0.1) is 15.3 Å². The molecule has 0 aliphatic heterocycles. The molecular formula is C24H21N5O9S2. The molecule has 0 spiro atoms. The van der Waals surface area contributed by atoms with Crippen molar-refractivity contribution in [2.75, 3.05) is 20.0 Å². The van der Waals surface area contributed by atoms with Crippen molar-refractivity contribution in [3.8, 4) is 17.2 Å². The van der Waals surface area contributed by atoms with Crippen molar-refractivity contribution in [2.24, 2.45) is 20.5 Å². The Morgan fingerprint density at radius 1 is 0.725 bits per heavy atom. The minimum Gasteiger partial charge on any atom is -0.505 e. The third-order valence-corrected chi connectivity index (χ3v) is 7.28. The molecule has 0 amide bonds. The van der Waals surface area contributed by atoms with Gasteiger partial charge in [0.1, 0.15) is 38.4 Å². The van der Waals surface area contributed by atoms with Crippen LogP contribution in [0.5, 0.6) is 17.2 Å². The van der Waals surface area contributed by atoms with Crippen LogP contribution in [0.3, 0.4) is 0 Å². The quantitative estimate of drug-likeness (QED) is 0.115. The van der Waals surface area contributed by atoms with Crippen molar-refractivity contribution in [3.05, 3.63) is 60.7 Å². The van der Waals surface area contributed by atoms with Crippen molar-refractivity contribution < 1.29 is 40.5 Å². The van der Waals surface area contributed by atoms with E-state index in [-0.39, 0.29) is 33.6 Å². The number of benzene rings is 4. The number of azo groups is 2. The van der Waals surface area contributed by atoms with Crippen LogP contribution in [0.2, 0.25) is 0 Å². The molecule has 0 saturated carbocycles. The normalized spacial score (nSPS) is 12.4. The van der Waals surface area contributed by atoms with Gasteiger partial charge in [-0.05, 0) is 35.7 Å². The maximum atomic E-state index is 12.1. The first kappa shape index (κ1) is 28.4. The van der Waals surface area contributed by atoms with E-state index >= 15 is 0 Å². The summed E-state index contributed by atoms with van der Waals surface area (Å²) in [5, 5.41) is 26.7. The van der Waals surface area contributed by atoms with Crippen molar-refractivity contribution in [1.29, 1.82) is 0 Å². The fourth-order valence-electron chi connectivity index (χ4n) is 3.64. The summed E-state index contributed by atoms with van der Waals surface area (Å²) in [5.41, 5.74) is 5.49. The van der Waals surface area contributed by atoms with Gasteiger partial charge in [-0.1, -0.05) is 18.2 Å². The van der Waals surface area contributed by atoms with E-state index in [0.717, 1.165) is 18.2 Å². The molecule has 0 saturated heterocycles. The molecule has 4 aromatic carbocycles. The molecule has 40 heavy (non-hydrogen) atoms. The molecule has 0 aliphatic rings. The van der Waals surface area contributed by atoms with Gasteiger partial charge < -0.3 is 20.3 Å². The Hall–Kier alpha value is -4.64. The van der Waals surface area contributed by atoms with E-state index in [9.17, 15) is 31.0 Å². The summed E-state index contributed by atoms with van der Waals surface area (Å²) in [6.07, 6.45) is 0. The topological polar surface area (TPSA) is 223 Å². The first-order valence-corrected chi connectivity index (χ1v) is 13.9. The highest BCUT2D eigenvalue weighted by atomic mass is 32.2. The van der Waals surface area contributed by atoms with Gasteiger partial charge in [0.15, 0.2) is 5.75 Å². The van der Waals surface area contributed by atoms with Crippen LogP contribution >= 0.6 is 0 Å². The third kappa shape index (κ3) is 5.84. The Balaban J connectivity index is 1.86. The Labute approximate surface area is 227 Å². The molecule has 0 fully saturated rings. The van der Waals surface area contributed by atoms with Crippen LogP contribution in [0.25, 0.3) is 10.8 Å². The fourth-order valence-corrected chi connectivity index (χ4v) is 4.93. The maximum absolute atomic E-state index is 12.1. The van der Waals surface area contributed by atoms with Crippen molar-refractivity contribution >= 4 is 59.4 Å². The van der Waals surface area contributed by atoms with Gasteiger partial charge in [-0.3, -0.25) is 9.11 Å². The van der Waals surface area contributed by atoms with Gasteiger partial charge in [-0.2, -0.15) is 21.9 Å².